The van der Waals surface area contributed by atoms with Crippen LogP contribution in [0.2, 0.25) is 0 Å². The number of carbonyl (C=O) groups is 2. The average molecular weight is 257 g/mol. The number of carbonyl (C=O) groups excluding carboxylic acids is 2. The highest BCUT2D eigenvalue weighted by molar-refractivity contribution is 6.26. The van der Waals surface area contributed by atoms with Gasteiger partial charge < -0.3 is 9.47 Å². The molecule has 6 heteroatoms. The molecule has 0 amide bonds. The van der Waals surface area contributed by atoms with Crippen molar-refractivity contribution >= 4 is 35.1 Å². The first-order valence-corrected chi connectivity index (χ1v) is 5.64. The van der Waals surface area contributed by atoms with Crippen molar-refractivity contribution in [1.29, 1.82) is 0 Å². The van der Waals surface area contributed by atoms with Crippen molar-refractivity contribution in [3.63, 3.8) is 0 Å². The summed E-state index contributed by atoms with van der Waals surface area (Å²) in [5.74, 6) is -1.17. The lowest BCUT2D eigenvalue weighted by Gasteiger charge is -2.11. The summed E-state index contributed by atoms with van der Waals surface area (Å²) in [5, 5.41) is 0. The molecule has 0 aliphatic rings. The van der Waals surface area contributed by atoms with Gasteiger partial charge in [0.05, 0.1) is 12.7 Å². The van der Waals surface area contributed by atoms with Gasteiger partial charge in [-0.3, -0.25) is 9.59 Å². The fraction of sp³-hybridized carbons (Fsp3) is 0.778. The maximum atomic E-state index is 10.8. The van der Waals surface area contributed by atoms with Crippen LogP contribution in [0.4, 0.5) is 0 Å². The highest BCUT2D eigenvalue weighted by Gasteiger charge is 2.08. The second-order valence-electron chi connectivity index (χ2n) is 2.93. The summed E-state index contributed by atoms with van der Waals surface area (Å²) in [4.78, 5) is 21.4. The van der Waals surface area contributed by atoms with E-state index >= 15 is 0 Å². The van der Waals surface area contributed by atoms with Gasteiger partial charge in [0.2, 0.25) is 0 Å². The Bertz CT molecular complexity index is 208. The minimum atomic E-state index is -0.443. The normalized spacial score (nSPS) is 11.9. The van der Waals surface area contributed by atoms with Crippen LogP contribution < -0.4 is 0 Å². The van der Waals surface area contributed by atoms with Crippen molar-refractivity contribution in [2.75, 3.05) is 18.4 Å². The van der Waals surface area contributed by atoms with E-state index in [4.69, 9.17) is 32.7 Å². The molecular formula is C9H14Cl2O4. The number of esters is 2. The van der Waals surface area contributed by atoms with E-state index < -0.39 is 11.9 Å². The first-order valence-electron chi connectivity index (χ1n) is 4.57. The lowest BCUT2D eigenvalue weighted by molar-refractivity contribution is -0.146. The molecule has 0 fully saturated rings. The average Bonchev–Trinajstić information content (AvgIpc) is 2.23. The minimum Gasteiger partial charge on any atom is -0.465 e. The summed E-state index contributed by atoms with van der Waals surface area (Å²) in [6.45, 7) is 2.04. The van der Waals surface area contributed by atoms with E-state index in [1.54, 1.807) is 6.92 Å². The Morgan fingerprint density at radius 2 is 1.80 bits per heavy atom. The van der Waals surface area contributed by atoms with Gasteiger partial charge in [0.25, 0.3) is 0 Å². The van der Waals surface area contributed by atoms with Gasteiger partial charge in [-0.1, -0.05) is 0 Å². The predicted molar refractivity (Wildman–Crippen MR) is 57.2 cm³/mol. The minimum absolute atomic E-state index is 0.142. The highest BCUT2D eigenvalue weighted by atomic mass is 35.5. The molecule has 88 valence electrons. The monoisotopic (exact) mass is 256 g/mol. The number of alkyl halides is 2. The molecule has 4 nitrogen and oxygen atoms in total. The topological polar surface area (TPSA) is 52.6 Å². The molecule has 0 spiro atoms. The molecule has 0 radical (unpaired) electrons. The molecule has 0 aromatic rings. The van der Waals surface area contributed by atoms with Crippen molar-refractivity contribution in [3.05, 3.63) is 0 Å². The SMILES string of the molecule is CC(CCCOC(=O)CCl)OC(=O)CCl. The fourth-order valence-electron chi connectivity index (χ4n) is 0.910. The predicted octanol–water partition coefficient (Wildman–Crippen LogP) is 1.72. The number of hydrogen-bond acceptors (Lipinski definition) is 4. The summed E-state index contributed by atoms with van der Waals surface area (Å²) in [7, 11) is 0. The number of ether oxygens (including phenoxy) is 2. The van der Waals surface area contributed by atoms with Crippen molar-refractivity contribution in [2.24, 2.45) is 0 Å². The molecule has 15 heavy (non-hydrogen) atoms. The first-order chi connectivity index (χ1) is 7.10. The zero-order valence-corrected chi connectivity index (χ0v) is 10.0. The highest BCUT2D eigenvalue weighted by Crippen LogP contribution is 2.03. The van der Waals surface area contributed by atoms with Crippen LogP contribution in [-0.2, 0) is 19.1 Å². The molecule has 0 saturated heterocycles. The zero-order valence-electron chi connectivity index (χ0n) is 8.50. The molecule has 1 unspecified atom stereocenters. The fourth-order valence-corrected chi connectivity index (χ4v) is 1.05. The molecule has 0 heterocycles. The largest absolute Gasteiger partial charge is 0.465 e. The third kappa shape index (κ3) is 8.51. The summed E-state index contributed by atoms with van der Waals surface area (Å²) in [6, 6.07) is 0. The Hall–Kier alpha value is -0.480. The summed E-state index contributed by atoms with van der Waals surface area (Å²) >= 11 is 10.5. The summed E-state index contributed by atoms with van der Waals surface area (Å²) in [6.07, 6.45) is 1.03. The second kappa shape index (κ2) is 8.80. The van der Waals surface area contributed by atoms with Gasteiger partial charge in [0.1, 0.15) is 11.8 Å². The lowest BCUT2D eigenvalue weighted by atomic mass is 10.2. The van der Waals surface area contributed by atoms with E-state index in [1.165, 1.54) is 0 Å². The number of halogens is 2. The quantitative estimate of drug-likeness (QED) is 0.396. The Kier molecular flexibility index (Phi) is 8.52. The molecule has 0 aliphatic carbocycles. The molecule has 1 atom stereocenters. The van der Waals surface area contributed by atoms with Crippen molar-refractivity contribution in [2.45, 2.75) is 25.9 Å². The Morgan fingerprint density at radius 3 is 2.33 bits per heavy atom. The van der Waals surface area contributed by atoms with E-state index in [2.05, 4.69) is 0 Å². The number of hydrogen-bond donors (Lipinski definition) is 0. The van der Waals surface area contributed by atoms with Crippen LogP contribution in [-0.4, -0.2) is 36.4 Å². The lowest BCUT2D eigenvalue weighted by Crippen LogP contribution is -2.16. The zero-order chi connectivity index (χ0) is 11.7. The van der Waals surface area contributed by atoms with Crippen molar-refractivity contribution in [1.82, 2.24) is 0 Å². The van der Waals surface area contributed by atoms with Gasteiger partial charge >= 0.3 is 11.9 Å². The Morgan fingerprint density at radius 1 is 1.20 bits per heavy atom. The van der Waals surface area contributed by atoms with Gasteiger partial charge in [-0.2, -0.15) is 0 Å². The smallest absolute Gasteiger partial charge is 0.321 e. The molecule has 0 bridgehead atoms. The Labute approximate surface area is 98.8 Å². The van der Waals surface area contributed by atoms with E-state index in [9.17, 15) is 9.59 Å². The maximum Gasteiger partial charge on any atom is 0.321 e. The van der Waals surface area contributed by atoms with Crippen LogP contribution in [0.5, 0.6) is 0 Å². The molecule has 0 aromatic carbocycles. The number of rotatable bonds is 7. The van der Waals surface area contributed by atoms with Crippen LogP contribution in [0.3, 0.4) is 0 Å². The molecule has 0 aromatic heterocycles. The standard InChI is InChI=1S/C9H14Cl2O4/c1-7(15-9(13)6-11)3-2-4-14-8(12)5-10/h7H,2-6H2,1H3. The summed E-state index contributed by atoms with van der Waals surface area (Å²) in [5.41, 5.74) is 0. The third-order valence-electron chi connectivity index (χ3n) is 1.57. The molecule has 0 rings (SSSR count). The second-order valence-corrected chi connectivity index (χ2v) is 3.46. The van der Waals surface area contributed by atoms with Gasteiger partial charge in [-0.05, 0) is 19.8 Å². The summed E-state index contributed by atoms with van der Waals surface area (Å²) < 4.78 is 9.63. The molecule has 0 aliphatic heterocycles. The van der Waals surface area contributed by atoms with Gasteiger partial charge in [-0.25, -0.2) is 0 Å². The molecule has 0 N–H and O–H groups in total. The van der Waals surface area contributed by atoms with Crippen LogP contribution in [0.15, 0.2) is 0 Å². The van der Waals surface area contributed by atoms with Crippen LogP contribution in [0.25, 0.3) is 0 Å². The first kappa shape index (κ1) is 14.5. The van der Waals surface area contributed by atoms with Crippen LogP contribution in [0.1, 0.15) is 19.8 Å². The molecule has 0 saturated carbocycles. The van der Waals surface area contributed by atoms with E-state index in [0.717, 1.165) is 0 Å². The van der Waals surface area contributed by atoms with Crippen LogP contribution in [0, 0.1) is 0 Å². The Balaban J connectivity index is 3.42. The molecular weight excluding hydrogens is 243 g/mol. The van der Waals surface area contributed by atoms with Crippen molar-refractivity contribution < 1.29 is 19.1 Å². The van der Waals surface area contributed by atoms with Crippen molar-refractivity contribution in [3.8, 4) is 0 Å². The van der Waals surface area contributed by atoms with Gasteiger partial charge in [-0.15, -0.1) is 23.2 Å². The van der Waals surface area contributed by atoms with E-state index in [1.807, 2.05) is 0 Å². The van der Waals surface area contributed by atoms with Gasteiger partial charge in [0, 0.05) is 0 Å². The van der Waals surface area contributed by atoms with E-state index in [-0.39, 0.29) is 24.5 Å². The maximum absolute atomic E-state index is 10.8. The van der Waals surface area contributed by atoms with E-state index in [0.29, 0.717) is 12.8 Å². The van der Waals surface area contributed by atoms with Crippen LogP contribution >= 0.6 is 23.2 Å². The third-order valence-corrected chi connectivity index (χ3v) is 2.01. The van der Waals surface area contributed by atoms with Gasteiger partial charge in [0.15, 0.2) is 0 Å².